The standard InChI is InChI=1S/C16H13ClFN3O5/c17-13-9-11(18)4-5-14(13)26-7-6-15(22)19-20-16(23)10-2-1-3-12(8-10)21(24)25/h1-5,8-9H,6-7H2,(H,19,22)(H,20,23). The molecular weight excluding hydrogens is 369 g/mol. The minimum Gasteiger partial charge on any atom is -0.491 e. The number of hydrogen-bond donors (Lipinski definition) is 2. The van der Waals surface area contributed by atoms with E-state index < -0.39 is 22.6 Å². The quantitative estimate of drug-likeness (QED) is 0.590. The molecule has 2 amide bonds. The van der Waals surface area contributed by atoms with Crippen LogP contribution in [0.5, 0.6) is 5.75 Å². The molecule has 136 valence electrons. The number of halogens is 2. The summed E-state index contributed by atoms with van der Waals surface area (Å²) in [7, 11) is 0. The summed E-state index contributed by atoms with van der Waals surface area (Å²) in [6, 6.07) is 8.63. The first kappa shape index (κ1) is 19.1. The zero-order valence-corrected chi connectivity index (χ0v) is 14.0. The summed E-state index contributed by atoms with van der Waals surface area (Å²) >= 11 is 5.78. The summed E-state index contributed by atoms with van der Waals surface area (Å²) in [5.74, 6) is -1.54. The Morgan fingerprint density at radius 3 is 2.65 bits per heavy atom. The van der Waals surface area contributed by atoms with E-state index in [0.717, 1.165) is 12.1 Å². The molecule has 0 bridgehead atoms. The van der Waals surface area contributed by atoms with Gasteiger partial charge >= 0.3 is 0 Å². The van der Waals surface area contributed by atoms with E-state index in [1.54, 1.807) is 0 Å². The molecule has 2 N–H and O–H groups in total. The van der Waals surface area contributed by atoms with Crippen LogP contribution in [0.4, 0.5) is 10.1 Å². The molecule has 0 aliphatic heterocycles. The number of nitro benzene ring substituents is 1. The number of hydrazine groups is 1. The van der Waals surface area contributed by atoms with Gasteiger partial charge in [0.05, 0.1) is 23.0 Å². The van der Waals surface area contributed by atoms with Crippen LogP contribution in [0.1, 0.15) is 16.8 Å². The number of nitrogens with zero attached hydrogens (tertiary/aromatic N) is 1. The molecule has 0 radical (unpaired) electrons. The third kappa shape index (κ3) is 5.42. The zero-order chi connectivity index (χ0) is 19.1. The summed E-state index contributed by atoms with van der Waals surface area (Å²) in [6.07, 6.45) is -0.108. The van der Waals surface area contributed by atoms with Crippen LogP contribution in [0, 0.1) is 15.9 Å². The van der Waals surface area contributed by atoms with Gasteiger partial charge in [0.2, 0.25) is 5.91 Å². The average Bonchev–Trinajstić information content (AvgIpc) is 2.61. The first-order valence-electron chi connectivity index (χ1n) is 7.28. The molecule has 0 spiro atoms. The zero-order valence-electron chi connectivity index (χ0n) is 13.2. The van der Waals surface area contributed by atoms with Gasteiger partial charge in [-0.15, -0.1) is 0 Å². The van der Waals surface area contributed by atoms with E-state index in [1.165, 1.54) is 30.3 Å². The number of benzene rings is 2. The average molecular weight is 382 g/mol. The van der Waals surface area contributed by atoms with Crippen LogP contribution in [-0.2, 0) is 4.79 Å². The predicted molar refractivity (Wildman–Crippen MR) is 90.2 cm³/mol. The molecule has 2 rings (SSSR count). The third-order valence-electron chi connectivity index (χ3n) is 3.12. The van der Waals surface area contributed by atoms with E-state index in [9.17, 15) is 24.1 Å². The second kappa shape index (κ2) is 8.77. The second-order valence-corrected chi connectivity index (χ2v) is 5.39. The number of non-ortho nitro benzene ring substituents is 1. The molecule has 10 heteroatoms. The van der Waals surface area contributed by atoms with Crippen molar-refractivity contribution in [2.24, 2.45) is 0 Å². The highest BCUT2D eigenvalue weighted by Gasteiger charge is 2.12. The first-order chi connectivity index (χ1) is 12.4. The molecular formula is C16H13ClFN3O5. The molecule has 2 aromatic carbocycles. The van der Waals surface area contributed by atoms with Crippen molar-refractivity contribution < 1.29 is 23.6 Å². The van der Waals surface area contributed by atoms with E-state index >= 15 is 0 Å². The van der Waals surface area contributed by atoms with Crippen molar-refractivity contribution in [1.29, 1.82) is 0 Å². The van der Waals surface area contributed by atoms with E-state index in [0.29, 0.717) is 0 Å². The molecule has 0 saturated carbocycles. The number of amides is 2. The summed E-state index contributed by atoms with van der Waals surface area (Å²) in [4.78, 5) is 33.6. The summed E-state index contributed by atoms with van der Waals surface area (Å²) < 4.78 is 18.2. The molecule has 8 nitrogen and oxygen atoms in total. The molecule has 0 aromatic heterocycles. The van der Waals surface area contributed by atoms with Crippen molar-refractivity contribution in [3.8, 4) is 5.75 Å². The normalized spacial score (nSPS) is 10.1. The van der Waals surface area contributed by atoms with Crippen LogP contribution < -0.4 is 15.6 Å². The van der Waals surface area contributed by atoms with Gasteiger partial charge in [-0.3, -0.25) is 30.6 Å². The van der Waals surface area contributed by atoms with Gasteiger partial charge in [0.25, 0.3) is 11.6 Å². The summed E-state index contributed by atoms with van der Waals surface area (Å²) in [5, 5.41) is 10.8. The van der Waals surface area contributed by atoms with E-state index in [2.05, 4.69) is 10.9 Å². The van der Waals surface area contributed by atoms with Gasteiger partial charge in [0.1, 0.15) is 11.6 Å². The number of hydrogen-bond acceptors (Lipinski definition) is 5. The molecule has 0 aliphatic rings. The van der Waals surface area contributed by atoms with Crippen LogP contribution in [-0.4, -0.2) is 23.3 Å². The van der Waals surface area contributed by atoms with Gasteiger partial charge in [-0.25, -0.2) is 4.39 Å². The molecule has 26 heavy (non-hydrogen) atoms. The van der Waals surface area contributed by atoms with E-state index in [1.807, 2.05) is 0 Å². The predicted octanol–water partition coefficient (Wildman–Crippen LogP) is 2.62. The molecule has 0 heterocycles. The fraction of sp³-hybridized carbons (Fsp3) is 0.125. The number of carbonyl (C=O) groups is 2. The van der Waals surface area contributed by atoms with Crippen LogP contribution >= 0.6 is 11.6 Å². The molecule has 0 unspecified atom stereocenters. The van der Waals surface area contributed by atoms with Crippen LogP contribution in [0.25, 0.3) is 0 Å². The summed E-state index contributed by atoms with van der Waals surface area (Å²) in [5.41, 5.74) is 4.08. The molecule has 0 saturated heterocycles. The number of rotatable bonds is 6. The number of carbonyl (C=O) groups excluding carboxylic acids is 2. The van der Waals surface area contributed by atoms with Gasteiger partial charge in [-0.1, -0.05) is 17.7 Å². The third-order valence-corrected chi connectivity index (χ3v) is 3.41. The minimum absolute atomic E-state index is 0.0221. The Hall–Kier alpha value is -3.20. The number of nitrogens with one attached hydrogen (secondary N) is 2. The van der Waals surface area contributed by atoms with Crippen LogP contribution in [0.15, 0.2) is 42.5 Å². The highest BCUT2D eigenvalue weighted by atomic mass is 35.5. The van der Waals surface area contributed by atoms with Gasteiger partial charge in [-0.05, 0) is 24.3 Å². The van der Waals surface area contributed by atoms with Crippen LogP contribution in [0.2, 0.25) is 5.02 Å². The Bertz CT molecular complexity index is 846. The smallest absolute Gasteiger partial charge is 0.270 e. The van der Waals surface area contributed by atoms with Crippen molar-refractivity contribution in [2.75, 3.05) is 6.61 Å². The highest BCUT2D eigenvalue weighted by molar-refractivity contribution is 6.32. The molecule has 0 atom stereocenters. The molecule has 2 aromatic rings. The van der Waals surface area contributed by atoms with E-state index in [-0.39, 0.29) is 35.1 Å². The van der Waals surface area contributed by atoms with Crippen molar-refractivity contribution >= 4 is 29.1 Å². The maximum Gasteiger partial charge on any atom is 0.270 e. The lowest BCUT2D eigenvalue weighted by Gasteiger charge is -2.09. The van der Waals surface area contributed by atoms with Gasteiger partial charge in [0.15, 0.2) is 0 Å². The fourth-order valence-electron chi connectivity index (χ4n) is 1.87. The van der Waals surface area contributed by atoms with Gasteiger partial charge in [-0.2, -0.15) is 0 Å². The van der Waals surface area contributed by atoms with Crippen LogP contribution in [0.3, 0.4) is 0 Å². The molecule has 0 fully saturated rings. The molecule has 0 aliphatic carbocycles. The Balaban J connectivity index is 1.78. The van der Waals surface area contributed by atoms with Crippen molar-refractivity contribution in [2.45, 2.75) is 6.42 Å². The maximum absolute atomic E-state index is 12.9. The fourth-order valence-corrected chi connectivity index (χ4v) is 2.09. The lowest BCUT2D eigenvalue weighted by molar-refractivity contribution is -0.384. The Morgan fingerprint density at radius 1 is 1.19 bits per heavy atom. The van der Waals surface area contributed by atoms with E-state index in [4.69, 9.17) is 16.3 Å². The maximum atomic E-state index is 12.9. The SMILES string of the molecule is O=C(CCOc1ccc(F)cc1Cl)NNC(=O)c1cccc([N+](=O)[O-])c1. The Labute approximate surface area is 152 Å². The minimum atomic E-state index is -0.704. The second-order valence-electron chi connectivity index (χ2n) is 4.98. The lowest BCUT2D eigenvalue weighted by Crippen LogP contribution is -2.42. The highest BCUT2D eigenvalue weighted by Crippen LogP contribution is 2.24. The largest absolute Gasteiger partial charge is 0.491 e. The Kier molecular flexibility index (Phi) is 6.45. The monoisotopic (exact) mass is 381 g/mol. The Morgan fingerprint density at radius 2 is 1.96 bits per heavy atom. The number of ether oxygens (including phenoxy) is 1. The van der Waals surface area contributed by atoms with Crippen molar-refractivity contribution in [3.63, 3.8) is 0 Å². The summed E-state index contributed by atoms with van der Waals surface area (Å²) in [6.45, 7) is -0.0517. The van der Waals surface area contributed by atoms with Crippen molar-refractivity contribution in [1.82, 2.24) is 10.9 Å². The number of nitro groups is 1. The first-order valence-corrected chi connectivity index (χ1v) is 7.66. The van der Waals surface area contributed by atoms with Gasteiger partial charge in [0, 0.05) is 17.7 Å². The lowest BCUT2D eigenvalue weighted by atomic mass is 10.2. The van der Waals surface area contributed by atoms with Crippen molar-refractivity contribution in [3.05, 3.63) is 69.0 Å². The van der Waals surface area contributed by atoms with Gasteiger partial charge < -0.3 is 4.74 Å². The topological polar surface area (TPSA) is 111 Å².